The number of carbonyl (C=O) groups excluding carboxylic acids is 1. The predicted molar refractivity (Wildman–Crippen MR) is 85.6 cm³/mol. The van der Waals surface area contributed by atoms with Gasteiger partial charge >= 0.3 is 0 Å². The Balaban J connectivity index is 0.00000324. The van der Waals surface area contributed by atoms with Gasteiger partial charge in [0.2, 0.25) is 5.91 Å². The highest BCUT2D eigenvalue weighted by Gasteiger charge is 2.10. The van der Waals surface area contributed by atoms with Gasteiger partial charge in [0, 0.05) is 17.1 Å². The number of nitrogens with one attached hydrogen (secondary N) is 1. The van der Waals surface area contributed by atoms with Crippen LogP contribution in [0.3, 0.4) is 0 Å². The van der Waals surface area contributed by atoms with Crippen molar-refractivity contribution in [2.24, 2.45) is 5.73 Å². The maximum Gasteiger partial charge on any atom is 0.224 e. The number of hydrogen-bond acceptors (Lipinski definition) is 2. The molecule has 1 amide bonds. The SMILES string of the molecule is CCCCC(CN)NC(=O)Cc1cccc(Br)c1.Cl. The lowest BCUT2D eigenvalue weighted by Crippen LogP contribution is -2.40. The van der Waals surface area contributed by atoms with Gasteiger partial charge in [0.25, 0.3) is 0 Å². The van der Waals surface area contributed by atoms with E-state index in [2.05, 4.69) is 28.2 Å². The smallest absolute Gasteiger partial charge is 0.224 e. The standard InChI is InChI=1S/C14H21BrN2O.ClH/c1-2-3-7-13(10-16)17-14(18)9-11-5-4-6-12(15)8-11;/h4-6,8,13H,2-3,7,9-10,16H2,1H3,(H,17,18);1H. The second kappa shape index (κ2) is 10.2. The largest absolute Gasteiger partial charge is 0.352 e. The van der Waals surface area contributed by atoms with Gasteiger partial charge in [-0.25, -0.2) is 0 Å². The number of nitrogens with two attached hydrogens (primary N) is 1. The van der Waals surface area contributed by atoms with Crippen LogP contribution in [-0.2, 0) is 11.2 Å². The van der Waals surface area contributed by atoms with E-state index in [-0.39, 0.29) is 24.4 Å². The molecule has 19 heavy (non-hydrogen) atoms. The third kappa shape index (κ3) is 7.55. The highest BCUT2D eigenvalue weighted by Crippen LogP contribution is 2.12. The molecule has 0 bridgehead atoms. The van der Waals surface area contributed by atoms with Gasteiger partial charge in [-0.2, -0.15) is 0 Å². The molecule has 0 saturated heterocycles. The Morgan fingerprint density at radius 2 is 2.21 bits per heavy atom. The van der Waals surface area contributed by atoms with E-state index in [1.807, 2.05) is 24.3 Å². The van der Waals surface area contributed by atoms with E-state index in [0.29, 0.717) is 13.0 Å². The highest BCUT2D eigenvalue weighted by molar-refractivity contribution is 9.10. The van der Waals surface area contributed by atoms with Crippen molar-refractivity contribution in [1.29, 1.82) is 0 Å². The summed E-state index contributed by atoms with van der Waals surface area (Å²) in [5.74, 6) is 0.0413. The maximum atomic E-state index is 11.9. The minimum Gasteiger partial charge on any atom is -0.352 e. The summed E-state index contributed by atoms with van der Waals surface area (Å²) in [7, 11) is 0. The summed E-state index contributed by atoms with van der Waals surface area (Å²) in [4.78, 5) is 11.9. The van der Waals surface area contributed by atoms with Gasteiger partial charge in [-0.05, 0) is 24.1 Å². The number of benzene rings is 1. The maximum absolute atomic E-state index is 11.9. The lowest BCUT2D eigenvalue weighted by atomic mass is 10.1. The van der Waals surface area contributed by atoms with E-state index in [9.17, 15) is 4.79 Å². The van der Waals surface area contributed by atoms with E-state index < -0.39 is 0 Å². The number of carbonyl (C=O) groups is 1. The number of amides is 1. The topological polar surface area (TPSA) is 55.1 Å². The van der Waals surface area contributed by atoms with Crippen LogP contribution in [0.1, 0.15) is 31.7 Å². The number of hydrogen-bond donors (Lipinski definition) is 2. The van der Waals surface area contributed by atoms with E-state index in [0.717, 1.165) is 29.3 Å². The molecule has 1 unspecified atom stereocenters. The Kier molecular flexibility index (Phi) is 9.92. The molecule has 1 atom stereocenters. The van der Waals surface area contributed by atoms with Crippen LogP contribution in [0.15, 0.2) is 28.7 Å². The molecule has 0 aliphatic rings. The Morgan fingerprint density at radius 3 is 2.79 bits per heavy atom. The van der Waals surface area contributed by atoms with Crippen LogP contribution >= 0.6 is 28.3 Å². The summed E-state index contributed by atoms with van der Waals surface area (Å²) in [6.45, 7) is 2.64. The monoisotopic (exact) mass is 348 g/mol. The molecule has 0 spiro atoms. The number of unbranched alkanes of at least 4 members (excludes halogenated alkanes) is 1. The van der Waals surface area contributed by atoms with Crippen molar-refractivity contribution in [1.82, 2.24) is 5.32 Å². The summed E-state index contributed by atoms with van der Waals surface area (Å²) in [6, 6.07) is 7.90. The first kappa shape index (κ1) is 18.4. The third-order valence-corrected chi connectivity index (χ3v) is 3.30. The van der Waals surface area contributed by atoms with E-state index in [4.69, 9.17) is 5.73 Å². The summed E-state index contributed by atoms with van der Waals surface area (Å²) in [5.41, 5.74) is 6.66. The Hall–Kier alpha value is -0.580. The molecular weight excluding hydrogens is 328 g/mol. The Bertz CT molecular complexity index is 387. The second-order valence-electron chi connectivity index (χ2n) is 4.45. The van der Waals surface area contributed by atoms with Crippen molar-refractivity contribution in [2.75, 3.05) is 6.54 Å². The first-order valence-corrected chi connectivity index (χ1v) is 7.19. The fourth-order valence-electron chi connectivity index (χ4n) is 1.81. The first-order valence-electron chi connectivity index (χ1n) is 6.39. The Labute approximate surface area is 129 Å². The third-order valence-electron chi connectivity index (χ3n) is 2.81. The van der Waals surface area contributed by atoms with E-state index >= 15 is 0 Å². The number of rotatable bonds is 7. The number of halogens is 2. The van der Waals surface area contributed by atoms with Gasteiger partial charge in [0.1, 0.15) is 0 Å². The van der Waals surface area contributed by atoms with Gasteiger partial charge in [0.05, 0.1) is 6.42 Å². The predicted octanol–water partition coefficient (Wildman–Crippen LogP) is 3.05. The van der Waals surface area contributed by atoms with Gasteiger partial charge in [-0.3, -0.25) is 4.79 Å². The molecule has 0 aliphatic carbocycles. The molecule has 1 rings (SSSR count). The molecule has 0 aliphatic heterocycles. The van der Waals surface area contributed by atoms with Gasteiger partial charge < -0.3 is 11.1 Å². The average molecular weight is 350 g/mol. The zero-order chi connectivity index (χ0) is 13.4. The van der Waals surface area contributed by atoms with Crippen molar-refractivity contribution in [3.05, 3.63) is 34.3 Å². The summed E-state index contributed by atoms with van der Waals surface area (Å²) < 4.78 is 0.995. The van der Waals surface area contributed by atoms with Crippen LogP contribution in [0.2, 0.25) is 0 Å². The lowest BCUT2D eigenvalue weighted by molar-refractivity contribution is -0.121. The van der Waals surface area contributed by atoms with Gasteiger partial charge in [-0.15, -0.1) is 12.4 Å². The van der Waals surface area contributed by atoms with Crippen LogP contribution in [0.4, 0.5) is 0 Å². The molecule has 108 valence electrons. The lowest BCUT2D eigenvalue weighted by Gasteiger charge is -2.16. The molecule has 3 N–H and O–H groups in total. The molecule has 1 aromatic carbocycles. The van der Waals surface area contributed by atoms with Gasteiger partial charge in [-0.1, -0.05) is 47.8 Å². The summed E-state index contributed by atoms with van der Waals surface area (Å²) in [5, 5.41) is 2.99. The normalized spacial score (nSPS) is 11.5. The molecule has 0 heterocycles. The molecular formula is C14H22BrClN2O. The fourth-order valence-corrected chi connectivity index (χ4v) is 2.26. The molecule has 0 radical (unpaired) electrons. The molecule has 1 aromatic rings. The summed E-state index contributed by atoms with van der Waals surface area (Å²) in [6.07, 6.45) is 3.58. The Morgan fingerprint density at radius 1 is 1.47 bits per heavy atom. The van der Waals surface area contributed by atoms with E-state index in [1.165, 1.54) is 0 Å². The van der Waals surface area contributed by atoms with Crippen molar-refractivity contribution >= 4 is 34.2 Å². The van der Waals surface area contributed by atoms with E-state index in [1.54, 1.807) is 0 Å². The summed E-state index contributed by atoms with van der Waals surface area (Å²) >= 11 is 3.40. The minimum absolute atomic E-state index is 0. The van der Waals surface area contributed by atoms with Crippen molar-refractivity contribution in [3.8, 4) is 0 Å². The molecule has 3 nitrogen and oxygen atoms in total. The zero-order valence-corrected chi connectivity index (χ0v) is 13.6. The average Bonchev–Trinajstić information content (AvgIpc) is 2.34. The second-order valence-corrected chi connectivity index (χ2v) is 5.36. The molecule has 5 heteroatoms. The van der Waals surface area contributed by atoms with Crippen LogP contribution < -0.4 is 11.1 Å². The molecule has 0 saturated carbocycles. The zero-order valence-electron chi connectivity index (χ0n) is 11.2. The van der Waals surface area contributed by atoms with Crippen LogP contribution in [0, 0.1) is 0 Å². The van der Waals surface area contributed by atoms with Crippen LogP contribution in [0.5, 0.6) is 0 Å². The highest BCUT2D eigenvalue weighted by atomic mass is 79.9. The van der Waals surface area contributed by atoms with Crippen molar-refractivity contribution < 1.29 is 4.79 Å². The first-order chi connectivity index (χ1) is 8.65. The molecule has 0 fully saturated rings. The quantitative estimate of drug-likeness (QED) is 0.795. The minimum atomic E-state index is 0. The van der Waals surface area contributed by atoms with Crippen LogP contribution in [0.25, 0.3) is 0 Å². The van der Waals surface area contributed by atoms with Crippen LogP contribution in [-0.4, -0.2) is 18.5 Å². The molecule has 0 aromatic heterocycles. The van der Waals surface area contributed by atoms with Gasteiger partial charge in [0.15, 0.2) is 0 Å². The van der Waals surface area contributed by atoms with Crippen molar-refractivity contribution in [3.63, 3.8) is 0 Å². The van der Waals surface area contributed by atoms with Crippen molar-refractivity contribution in [2.45, 2.75) is 38.6 Å². The fraction of sp³-hybridized carbons (Fsp3) is 0.500.